The van der Waals surface area contributed by atoms with Gasteiger partial charge in [0.05, 0.1) is 11.6 Å². The Morgan fingerprint density at radius 3 is 2.71 bits per heavy atom. The van der Waals surface area contributed by atoms with Crippen molar-refractivity contribution in [2.24, 2.45) is 5.73 Å². The van der Waals surface area contributed by atoms with Crippen LogP contribution in [0.3, 0.4) is 0 Å². The molecule has 3 aromatic rings. The second kappa shape index (κ2) is 9.02. The number of rotatable bonds is 5. The molecule has 0 radical (unpaired) electrons. The first kappa shape index (κ1) is 22.1. The fourth-order valence-corrected chi connectivity index (χ4v) is 5.98. The minimum Gasteiger partial charge on any atom is -0.380 e. The van der Waals surface area contributed by atoms with Crippen LogP contribution in [0.5, 0.6) is 0 Å². The number of aromatic nitrogens is 1. The van der Waals surface area contributed by atoms with Crippen molar-refractivity contribution in [1.82, 2.24) is 9.88 Å². The monoisotopic (exact) mass is 467 g/mol. The highest BCUT2D eigenvalue weighted by molar-refractivity contribution is 5.96. The summed E-state index contributed by atoms with van der Waals surface area (Å²) in [6.45, 7) is 3.41. The first-order chi connectivity index (χ1) is 17.1. The first-order valence-electron chi connectivity index (χ1n) is 12.7. The van der Waals surface area contributed by atoms with Gasteiger partial charge in [-0.25, -0.2) is 0 Å². The number of para-hydroxylation sites is 1. The topological polar surface area (TPSA) is 77.4 Å². The number of hydrogen-bond acceptors (Lipinski definition) is 5. The van der Waals surface area contributed by atoms with E-state index < -0.39 is 5.54 Å². The second-order valence-corrected chi connectivity index (χ2v) is 10.0. The molecule has 1 saturated heterocycles. The molecule has 3 unspecified atom stereocenters. The maximum atomic E-state index is 14.1. The quantitative estimate of drug-likeness (QED) is 0.531. The molecule has 2 aliphatic heterocycles. The van der Waals surface area contributed by atoms with E-state index in [4.69, 9.17) is 5.73 Å². The third-order valence-corrected chi connectivity index (χ3v) is 7.91. The Hall–Kier alpha value is -3.35. The predicted octanol–water partition coefficient (Wildman–Crippen LogP) is 3.87. The number of aryl methyl sites for hydroxylation is 1. The van der Waals surface area contributed by atoms with E-state index in [1.165, 1.54) is 16.6 Å². The lowest BCUT2D eigenvalue weighted by Gasteiger charge is -2.46. The van der Waals surface area contributed by atoms with E-state index in [2.05, 4.69) is 68.6 Å². The van der Waals surface area contributed by atoms with Crippen LogP contribution in [0.4, 0.5) is 11.4 Å². The number of piperazine rings is 1. The van der Waals surface area contributed by atoms with Gasteiger partial charge in [0.2, 0.25) is 0 Å². The molecule has 3 atom stereocenters. The maximum Gasteiger partial charge on any atom is 0.176 e. The first-order valence-corrected chi connectivity index (χ1v) is 12.7. The van der Waals surface area contributed by atoms with Crippen LogP contribution in [0.15, 0.2) is 79.0 Å². The SMILES string of the molecule is NC1(C(=O)C(C2CCc3ccccc3N2)N2CCN(c3cccc4[nH]ccc34)CC2)C=CC=CC1. The van der Waals surface area contributed by atoms with Crippen LogP contribution in [0.2, 0.25) is 0 Å². The van der Waals surface area contributed by atoms with Crippen LogP contribution in [-0.4, -0.2) is 59.5 Å². The van der Waals surface area contributed by atoms with Crippen molar-refractivity contribution in [1.29, 1.82) is 0 Å². The predicted molar refractivity (Wildman–Crippen MR) is 143 cm³/mol. The fraction of sp³-hybridized carbons (Fsp3) is 0.345. The van der Waals surface area contributed by atoms with E-state index in [1.54, 1.807) is 0 Å². The summed E-state index contributed by atoms with van der Waals surface area (Å²) in [5.41, 5.74) is 10.7. The molecule has 3 heterocycles. The van der Waals surface area contributed by atoms with Gasteiger partial charge in [0.1, 0.15) is 0 Å². The van der Waals surface area contributed by atoms with Crippen molar-refractivity contribution in [2.45, 2.75) is 36.9 Å². The molecule has 3 aliphatic rings. The number of H-pyrrole nitrogens is 1. The van der Waals surface area contributed by atoms with Crippen LogP contribution >= 0.6 is 0 Å². The molecule has 1 fully saturated rings. The number of nitrogens with two attached hydrogens (primary N) is 1. The van der Waals surface area contributed by atoms with Crippen molar-refractivity contribution in [3.8, 4) is 0 Å². The molecule has 0 amide bonds. The summed E-state index contributed by atoms with van der Waals surface area (Å²) in [6.07, 6.45) is 12.2. The highest BCUT2D eigenvalue weighted by atomic mass is 16.1. The van der Waals surface area contributed by atoms with Crippen molar-refractivity contribution < 1.29 is 4.79 Å². The minimum atomic E-state index is -0.952. The molecule has 4 N–H and O–H groups in total. The molecule has 180 valence electrons. The Bertz CT molecular complexity index is 1280. The lowest BCUT2D eigenvalue weighted by atomic mass is 9.79. The number of Topliss-reactive ketones (excluding diaryl/α,β-unsaturated/α-hetero) is 1. The molecule has 1 aromatic heterocycles. The average Bonchev–Trinajstić information content (AvgIpc) is 3.39. The number of carbonyl (C=O) groups excluding carboxylic acids is 1. The van der Waals surface area contributed by atoms with E-state index in [9.17, 15) is 4.79 Å². The number of carbonyl (C=O) groups is 1. The van der Waals surface area contributed by atoms with Gasteiger partial charge in [0.15, 0.2) is 5.78 Å². The summed E-state index contributed by atoms with van der Waals surface area (Å²) in [5.74, 6) is 0.121. The number of anilines is 2. The Balaban J connectivity index is 1.26. The molecular formula is C29H33N5O. The van der Waals surface area contributed by atoms with Crippen LogP contribution in [0, 0.1) is 0 Å². The number of hydrogen-bond donors (Lipinski definition) is 3. The zero-order chi connectivity index (χ0) is 23.8. The molecule has 6 nitrogen and oxygen atoms in total. The zero-order valence-electron chi connectivity index (χ0n) is 20.0. The molecule has 2 aromatic carbocycles. The average molecular weight is 468 g/mol. The largest absolute Gasteiger partial charge is 0.380 e. The van der Waals surface area contributed by atoms with Gasteiger partial charge in [-0.1, -0.05) is 48.6 Å². The van der Waals surface area contributed by atoms with E-state index in [1.807, 2.05) is 30.5 Å². The maximum absolute atomic E-state index is 14.1. The number of allylic oxidation sites excluding steroid dienone is 2. The Morgan fingerprint density at radius 2 is 1.89 bits per heavy atom. The van der Waals surface area contributed by atoms with Gasteiger partial charge < -0.3 is 20.9 Å². The van der Waals surface area contributed by atoms with E-state index in [0.29, 0.717) is 6.42 Å². The van der Waals surface area contributed by atoms with Crippen molar-refractivity contribution in [3.05, 3.63) is 84.6 Å². The summed E-state index contributed by atoms with van der Waals surface area (Å²) in [6, 6.07) is 16.8. The van der Waals surface area contributed by atoms with Crippen molar-refractivity contribution in [3.63, 3.8) is 0 Å². The Labute approximate surface area is 206 Å². The van der Waals surface area contributed by atoms with Gasteiger partial charge in [-0.2, -0.15) is 0 Å². The molecule has 0 saturated carbocycles. The van der Waals surface area contributed by atoms with Crippen LogP contribution < -0.4 is 16.0 Å². The van der Waals surface area contributed by atoms with Crippen molar-refractivity contribution in [2.75, 3.05) is 36.4 Å². The van der Waals surface area contributed by atoms with Crippen LogP contribution in [0.25, 0.3) is 10.9 Å². The molecule has 35 heavy (non-hydrogen) atoms. The van der Waals surface area contributed by atoms with Gasteiger partial charge in [0.25, 0.3) is 0 Å². The van der Waals surface area contributed by atoms with Crippen molar-refractivity contribution >= 4 is 28.1 Å². The number of ketones is 1. The molecule has 6 rings (SSSR count). The van der Waals surface area contributed by atoms with E-state index in [-0.39, 0.29) is 17.9 Å². The number of nitrogens with one attached hydrogen (secondary N) is 2. The van der Waals surface area contributed by atoms with E-state index >= 15 is 0 Å². The second-order valence-electron chi connectivity index (χ2n) is 10.0. The molecule has 1 aliphatic carbocycles. The minimum absolute atomic E-state index is 0.0387. The summed E-state index contributed by atoms with van der Waals surface area (Å²) < 4.78 is 0. The zero-order valence-corrected chi connectivity index (χ0v) is 20.0. The summed E-state index contributed by atoms with van der Waals surface area (Å²) in [7, 11) is 0. The highest BCUT2D eigenvalue weighted by Crippen LogP contribution is 2.32. The standard InChI is InChI=1S/C29H33N5O/c30-29(14-4-1-5-15-29)28(35)27(25-12-11-21-7-2-3-8-23(21)32-25)34-19-17-33(18-20-34)26-10-6-9-24-22(26)13-16-31-24/h1-10,13-14,16,25,27,31-32H,11-12,15,17-20,30H2. The van der Waals surface area contributed by atoms with Gasteiger partial charge in [-0.3, -0.25) is 9.69 Å². The van der Waals surface area contributed by atoms with Gasteiger partial charge in [0, 0.05) is 60.7 Å². The smallest absolute Gasteiger partial charge is 0.176 e. The molecule has 0 bridgehead atoms. The highest BCUT2D eigenvalue weighted by Gasteiger charge is 2.44. The molecule has 0 spiro atoms. The Morgan fingerprint density at radius 1 is 1.03 bits per heavy atom. The summed E-state index contributed by atoms with van der Waals surface area (Å²) in [4.78, 5) is 22.3. The normalized spacial score (nSPS) is 25.3. The number of benzene rings is 2. The van der Waals surface area contributed by atoms with Crippen LogP contribution in [0.1, 0.15) is 18.4 Å². The van der Waals surface area contributed by atoms with Gasteiger partial charge in [-0.15, -0.1) is 0 Å². The third kappa shape index (κ3) is 4.07. The molecular weight excluding hydrogens is 434 g/mol. The summed E-state index contributed by atoms with van der Waals surface area (Å²) >= 11 is 0. The van der Waals surface area contributed by atoms with Gasteiger partial charge in [-0.05, 0) is 49.1 Å². The molecule has 6 heteroatoms. The number of aromatic amines is 1. The van der Waals surface area contributed by atoms with Crippen LogP contribution in [-0.2, 0) is 11.2 Å². The lowest BCUT2D eigenvalue weighted by Crippen LogP contribution is -2.64. The third-order valence-electron chi connectivity index (χ3n) is 7.91. The number of nitrogens with zero attached hydrogens (tertiary/aromatic N) is 2. The summed E-state index contributed by atoms with van der Waals surface area (Å²) in [5, 5.41) is 4.97. The number of fused-ring (bicyclic) bond motifs is 2. The van der Waals surface area contributed by atoms with Gasteiger partial charge >= 0.3 is 0 Å². The fourth-order valence-electron chi connectivity index (χ4n) is 5.98. The van der Waals surface area contributed by atoms with E-state index in [0.717, 1.165) is 50.2 Å². The Kier molecular flexibility index (Phi) is 5.71. The lowest BCUT2D eigenvalue weighted by molar-refractivity contribution is -0.128.